The Balaban J connectivity index is 1.72. The van der Waals surface area contributed by atoms with Gasteiger partial charge in [0, 0.05) is 13.1 Å². The molecular weight excluding hydrogens is 458 g/mol. The number of hydrogen-bond donors (Lipinski definition) is 0. The van der Waals surface area contributed by atoms with Gasteiger partial charge < -0.3 is 9.30 Å². The molecule has 0 N–H and O–H groups in total. The Morgan fingerprint density at radius 3 is 2.77 bits per heavy atom. The predicted molar refractivity (Wildman–Crippen MR) is 119 cm³/mol. The number of amides is 1. The number of carbonyl (C=O) groups excluding carboxylic acids is 2. The number of ether oxygens (including phenoxy) is 1. The summed E-state index contributed by atoms with van der Waals surface area (Å²) < 4.78 is 34.9. The van der Waals surface area contributed by atoms with Crippen molar-refractivity contribution in [1.82, 2.24) is 8.87 Å². The molecule has 3 heterocycles. The molecule has 3 aromatic rings. The summed E-state index contributed by atoms with van der Waals surface area (Å²) in [6, 6.07) is 7.60. The molecule has 1 aliphatic heterocycles. The van der Waals surface area contributed by atoms with Crippen molar-refractivity contribution in [2.24, 2.45) is 4.99 Å². The average molecular weight is 480 g/mol. The van der Waals surface area contributed by atoms with Crippen LogP contribution < -0.4 is 4.80 Å². The highest BCUT2D eigenvalue weighted by atomic mass is 32.2. The number of carbonyl (C=O) groups is 2. The van der Waals surface area contributed by atoms with Gasteiger partial charge in [-0.05, 0) is 49.4 Å². The Labute approximate surface area is 187 Å². The molecule has 11 heteroatoms. The molecule has 1 aromatic carbocycles. The molecule has 1 atom stereocenters. The van der Waals surface area contributed by atoms with Crippen molar-refractivity contribution in [2.45, 2.75) is 36.6 Å². The number of rotatable bonds is 5. The third kappa shape index (κ3) is 3.98. The van der Waals surface area contributed by atoms with E-state index in [-0.39, 0.29) is 4.21 Å². The number of aromatic nitrogens is 1. The van der Waals surface area contributed by atoms with E-state index < -0.39 is 27.9 Å². The molecule has 1 amide bonds. The lowest BCUT2D eigenvalue weighted by molar-refractivity contribution is -0.121. The number of esters is 1. The molecule has 164 valence electrons. The van der Waals surface area contributed by atoms with Crippen LogP contribution in [-0.4, -0.2) is 48.9 Å². The fourth-order valence-electron chi connectivity index (χ4n) is 3.68. The van der Waals surface area contributed by atoms with Crippen molar-refractivity contribution in [2.75, 3.05) is 13.7 Å². The number of aryl methyl sites for hydroxylation is 1. The molecule has 8 nitrogen and oxygen atoms in total. The van der Waals surface area contributed by atoms with Gasteiger partial charge in [0.2, 0.25) is 0 Å². The molecule has 31 heavy (non-hydrogen) atoms. The van der Waals surface area contributed by atoms with Crippen molar-refractivity contribution in [1.29, 1.82) is 0 Å². The molecule has 0 bridgehead atoms. The van der Waals surface area contributed by atoms with Crippen molar-refractivity contribution in [3.63, 3.8) is 0 Å². The largest absolute Gasteiger partial charge is 0.465 e. The zero-order valence-corrected chi connectivity index (χ0v) is 19.4. The zero-order valence-electron chi connectivity index (χ0n) is 17.0. The van der Waals surface area contributed by atoms with E-state index in [9.17, 15) is 18.0 Å². The van der Waals surface area contributed by atoms with E-state index in [1.165, 1.54) is 22.8 Å². The Hall–Kier alpha value is -2.34. The fourth-order valence-corrected chi connectivity index (χ4v) is 7.59. The van der Waals surface area contributed by atoms with E-state index in [4.69, 9.17) is 4.74 Å². The van der Waals surface area contributed by atoms with E-state index in [1.807, 2.05) is 11.5 Å². The van der Waals surface area contributed by atoms with Gasteiger partial charge in [-0.25, -0.2) is 13.2 Å². The van der Waals surface area contributed by atoms with Crippen LogP contribution >= 0.6 is 22.7 Å². The van der Waals surface area contributed by atoms with Crippen molar-refractivity contribution >= 4 is 54.8 Å². The number of hydrogen-bond acceptors (Lipinski definition) is 7. The standard InChI is InChI=1S/C20H21N3O5S3/c1-3-22-14-9-8-13(19(25)28-2)12-16(14)30-20(22)21-18(24)15-6-4-10-23(15)31(26,27)17-7-5-11-29-17/h5,7-9,11-12,15H,3-4,6,10H2,1-2H3/t15-/m1/s1. The van der Waals surface area contributed by atoms with Crippen LogP contribution in [0.15, 0.2) is 44.9 Å². The van der Waals surface area contributed by atoms with Crippen molar-refractivity contribution in [3.05, 3.63) is 46.1 Å². The van der Waals surface area contributed by atoms with Gasteiger partial charge in [0.05, 0.1) is 22.9 Å². The van der Waals surface area contributed by atoms with Crippen LogP contribution in [0.5, 0.6) is 0 Å². The molecule has 0 unspecified atom stereocenters. The normalized spacial score (nSPS) is 18.0. The highest BCUT2D eigenvalue weighted by Crippen LogP contribution is 2.29. The lowest BCUT2D eigenvalue weighted by atomic mass is 10.2. The molecule has 0 saturated carbocycles. The summed E-state index contributed by atoms with van der Waals surface area (Å²) in [4.78, 5) is 29.7. The second kappa shape index (κ2) is 8.65. The second-order valence-corrected chi connectivity index (χ2v) is 11.0. The Kier molecular flexibility index (Phi) is 6.11. The van der Waals surface area contributed by atoms with Gasteiger partial charge in [0.1, 0.15) is 10.3 Å². The van der Waals surface area contributed by atoms with E-state index in [2.05, 4.69) is 4.99 Å². The Morgan fingerprint density at radius 1 is 1.29 bits per heavy atom. The van der Waals surface area contributed by atoms with E-state index in [0.717, 1.165) is 21.6 Å². The number of thiazole rings is 1. The van der Waals surface area contributed by atoms with Gasteiger partial charge in [0.25, 0.3) is 15.9 Å². The monoisotopic (exact) mass is 479 g/mol. The first-order valence-corrected chi connectivity index (χ1v) is 12.9. The van der Waals surface area contributed by atoms with E-state index in [1.54, 1.807) is 35.7 Å². The van der Waals surface area contributed by atoms with E-state index in [0.29, 0.717) is 36.3 Å². The van der Waals surface area contributed by atoms with Crippen LogP contribution in [0.25, 0.3) is 10.2 Å². The molecular formula is C20H21N3O5S3. The highest BCUT2D eigenvalue weighted by molar-refractivity contribution is 7.91. The topological polar surface area (TPSA) is 98.0 Å². The van der Waals surface area contributed by atoms with Gasteiger partial charge in [0.15, 0.2) is 4.80 Å². The number of fused-ring (bicyclic) bond motifs is 1. The molecule has 1 saturated heterocycles. The minimum absolute atomic E-state index is 0.230. The van der Waals surface area contributed by atoms with E-state index >= 15 is 0 Å². The quantitative estimate of drug-likeness (QED) is 0.524. The molecule has 1 aliphatic rings. The average Bonchev–Trinajstić information content (AvgIpc) is 3.52. The summed E-state index contributed by atoms with van der Waals surface area (Å²) in [6.45, 7) is 2.81. The number of benzene rings is 1. The fraction of sp³-hybridized carbons (Fsp3) is 0.350. The van der Waals surface area contributed by atoms with Gasteiger partial charge in [-0.2, -0.15) is 9.30 Å². The molecule has 0 radical (unpaired) electrons. The van der Waals surface area contributed by atoms with Crippen molar-refractivity contribution in [3.8, 4) is 0 Å². The Morgan fingerprint density at radius 2 is 2.10 bits per heavy atom. The van der Waals surface area contributed by atoms with Crippen LogP contribution in [0.4, 0.5) is 0 Å². The molecule has 4 rings (SSSR count). The molecule has 2 aromatic heterocycles. The Bertz CT molecular complexity index is 1310. The van der Waals surface area contributed by atoms with Gasteiger partial charge in [-0.1, -0.05) is 17.4 Å². The number of sulfonamides is 1. The number of nitrogens with zero attached hydrogens (tertiary/aromatic N) is 3. The van der Waals surface area contributed by atoms with Crippen LogP contribution in [0.1, 0.15) is 30.1 Å². The van der Waals surface area contributed by atoms with Gasteiger partial charge in [-0.15, -0.1) is 11.3 Å². The summed E-state index contributed by atoms with van der Waals surface area (Å²) in [7, 11) is -2.40. The summed E-state index contributed by atoms with van der Waals surface area (Å²) in [5.41, 5.74) is 1.27. The minimum Gasteiger partial charge on any atom is -0.465 e. The van der Waals surface area contributed by atoms with Gasteiger partial charge >= 0.3 is 5.97 Å². The third-order valence-corrected chi connectivity index (χ3v) is 9.50. The second-order valence-electron chi connectivity index (χ2n) is 6.96. The van der Waals surface area contributed by atoms with Gasteiger partial charge in [-0.3, -0.25) is 4.79 Å². The maximum absolute atomic E-state index is 13.1. The maximum Gasteiger partial charge on any atom is 0.337 e. The predicted octanol–water partition coefficient (Wildman–Crippen LogP) is 2.85. The van der Waals surface area contributed by atoms with Crippen LogP contribution in [0.3, 0.4) is 0 Å². The lowest BCUT2D eigenvalue weighted by Crippen LogP contribution is -2.40. The third-order valence-electron chi connectivity index (χ3n) is 5.17. The highest BCUT2D eigenvalue weighted by Gasteiger charge is 2.39. The first kappa shape index (κ1) is 21.9. The first-order valence-electron chi connectivity index (χ1n) is 9.72. The summed E-state index contributed by atoms with van der Waals surface area (Å²) in [5.74, 6) is -0.909. The first-order chi connectivity index (χ1) is 14.9. The van der Waals surface area contributed by atoms with Crippen molar-refractivity contribution < 1.29 is 22.7 Å². The summed E-state index contributed by atoms with van der Waals surface area (Å²) in [5, 5.41) is 1.70. The zero-order chi connectivity index (χ0) is 22.2. The number of thiophene rings is 1. The molecule has 0 aliphatic carbocycles. The number of methoxy groups -OCH3 is 1. The maximum atomic E-state index is 13.1. The molecule has 1 fully saturated rings. The SMILES string of the molecule is CCn1c(=NC(=O)[C@H]2CCCN2S(=O)(=O)c2cccs2)sc2cc(C(=O)OC)ccc21. The molecule has 0 spiro atoms. The van der Waals surface area contributed by atoms with Crippen LogP contribution in [-0.2, 0) is 26.1 Å². The summed E-state index contributed by atoms with van der Waals surface area (Å²) >= 11 is 2.42. The van der Waals surface area contributed by atoms with Crippen LogP contribution in [0, 0.1) is 0 Å². The lowest BCUT2D eigenvalue weighted by Gasteiger charge is -2.20. The van der Waals surface area contributed by atoms with Crippen LogP contribution in [0.2, 0.25) is 0 Å². The summed E-state index contributed by atoms with van der Waals surface area (Å²) in [6.07, 6.45) is 1.05. The smallest absolute Gasteiger partial charge is 0.337 e. The minimum atomic E-state index is -3.72.